The van der Waals surface area contributed by atoms with Gasteiger partial charge in [0.05, 0.1) is 26.7 Å². The van der Waals surface area contributed by atoms with Gasteiger partial charge in [-0.15, -0.1) is 0 Å². The average molecular weight is 302 g/mol. The Labute approximate surface area is 123 Å². The molecule has 0 amide bonds. The highest BCUT2D eigenvalue weighted by Gasteiger charge is 2.54. The highest BCUT2D eigenvalue weighted by atomic mass is 16.8. The van der Waals surface area contributed by atoms with E-state index >= 15 is 0 Å². The highest BCUT2D eigenvalue weighted by molar-refractivity contribution is 5.70. The molecule has 7 heteroatoms. The van der Waals surface area contributed by atoms with Crippen LogP contribution in [0.15, 0.2) is 0 Å². The molecule has 7 nitrogen and oxygen atoms in total. The van der Waals surface area contributed by atoms with E-state index in [9.17, 15) is 9.59 Å². The van der Waals surface area contributed by atoms with E-state index in [0.717, 1.165) is 0 Å². The Morgan fingerprint density at radius 3 is 2.38 bits per heavy atom. The minimum absolute atomic E-state index is 0.170. The summed E-state index contributed by atoms with van der Waals surface area (Å²) in [7, 11) is 2.68. The van der Waals surface area contributed by atoms with Crippen molar-refractivity contribution in [1.82, 2.24) is 0 Å². The summed E-state index contributed by atoms with van der Waals surface area (Å²) < 4.78 is 26.7. The summed E-state index contributed by atoms with van der Waals surface area (Å²) in [6, 6.07) is 0. The average Bonchev–Trinajstić information content (AvgIpc) is 2.89. The maximum Gasteiger partial charge on any atom is 0.305 e. The molecule has 2 aliphatic heterocycles. The van der Waals surface area contributed by atoms with Crippen LogP contribution in [0.4, 0.5) is 0 Å². The number of methoxy groups -OCH3 is 2. The second-order valence-electron chi connectivity index (χ2n) is 5.70. The number of rotatable bonds is 5. The van der Waals surface area contributed by atoms with Crippen molar-refractivity contribution in [3.8, 4) is 0 Å². The Morgan fingerprint density at radius 2 is 1.76 bits per heavy atom. The Hall–Kier alpha value is -1.18. The van der Waals surface area contributed by atoms with E-state index in [1.165, 1.54) is 14.2 Å². The van der Waals surface area contributed by atoms with E-state index in [1.807, 2.05) is 0 Å². The molecule has 120 valence electrons. The molecule has 0 unspecified atom stereocenters. The lowest BCUT2D eigenvalue weighted by atomic mass is 9.92. The zero-order valence-electron chi connectivity index (χ0n) is 12.8. The van der Waals surface area contributed by atoms with Crippen molar-refractivity contribution in [2.75, 3.05) is 14.2 Å². The Balaban J connectivity index is 2.03. The Bertz CT molecular complexity index is 406. The van der Waals surface area contributed by atoms with Gasteiger partial charge in [-0.05, 0) is 20.3 Å². The summed E-state index contributed by atoms with van der Waals surface area (Å²) in [4.78, 5) is 22.9. The number of ether oxygens (including phenoxy) is 5. The van der Waals surface area contributed by atoms with Crippen LogP contribution in [-0.2, 0) is 33.3 Å². The summed E-state index contributed by atoms with van der Waals surface area (Å²) in [5.41, 5.74) is 0. The van der Waals surface area contributed by atoms with Gasteiger partial charge in [-0.25, -0.2) is 0 Å². The zero-order chi connectivity index (χ0) is 15.6. The third-order valence-electron chi connectivity index (χ3n) is 3.79. The topological polar surface area (TPSA) is 80.3 Å². The van der Waals surface area contributed by atoms with E-state index in [1.54, 1.807) is 13.8 Å². The Morgan fingerprint density at radius 1 is 1.10 bits per heavy atom. The molecule has 0 aromatic heterocycles. The maximum atomic E-state index is 11.6. The number of hydrogen-bond acceptors (Lipinski definition) is 7. The smallest absolute Gasteiger partial charge is 0.305 e. The fraction of sp³-hybridized carbons (Fsp3) is 0.857. The van der Waals surface area contributed by atoms with E-state index in [4.69, 9.17) is 18.9 Å². The molecule has 2 aliphatic rings. The first-order chi connectivity index (χ1) is 9.86. The number of hydrogen-bond donors (Lipinski definition) is 0. The molecule has 2 saturated heterocycles. The molecule has 0 aromatic carbocycles. The molecule has 0 radical (unpaired) electrons. The molecule has 0 aromatic rings. The van der Waals surface area contributed by atoms with Crippen LogP contribution in [0.3, 0.4) is 0 Å². The van der Waals surface area contributed by atoms with Crippen molar-refractivity contribution >= 4 is 11.9 Å². The largest absolute Gasteiger partial charge is 0.469 e. The van der Waals surface area contributed by atoms with E-state index in [-0.39, 0.29) is 42.9 Å². The van der Waals surface area contributed by atoms with E-state index in [0.29, 0.717) is 6.42 Å². The van der Waals surface area contributed by atoms with Crippen LogP contribution in [0, 0.1) is 5.92 Å². The van der Waals surface area contributed by atoms with Crippen molar-refractivity contribution in [1.29, 1.82) is 0 Å². The standard InChI is InChI=1S/C14H22O7/c1-14(2)20-12-8(7-11(16)18-4)9(19-13(12)21-14)5-6-10(15)17-3/h8-9,12-13H,5-7H2,1-4H3/t8-,9-,12-,13-/m1/s1. The monoisotopic (exact) mass is 302 g/mol. The van der Waals surface area contributed by atoms with E-state index in [2.05, 4.69) is 4.74 Å². The second kappa shape index (κ2) is 6.29. The van der Waals surface area contributed by atoms with Crippen LogP contribution in [0.2, 0.25) is 0 Å². The maximum absolute atomic E-state index is 11.6. The number of esters is 2. The van der Waals surface area contributed by atoms with Gasteiger partial charge in [0.15, 0.2) is 12.1 Å². The van der Waals surface area contributed by atoms with Gasteiger partial charge in [0.1, 0.15) is 6.10 Å². The van der Waals surface area contributed by atoms with Crippen LogP contribution in [0.1, 0.15) is 33.1 Å². The third kappa shape index (κ3) is 3.72. The van der Waals surface area contributed by atoms with Gasteiger partial charge in [-0.1, -0.05) is 0 Å². The lowest BCUT2D eigenvalue weighted by molar-refractivity contribution is -0.211. The van der Waals surface area contributed by atoms with Crippen LogP contribution in [0.5, 0.6) is 0 Å². The molecule has 0 N–H and O–H groups in total. The minimum Gasteiger partial charge on any atom is -0.469 e. The summed E-state index contributed by atoms with van der Waals surface area (Å²) >= 11 is 0. The van der Waals surface area contributed by atoms with Gasteiger partial charge in [0, 0.05) is 12.3 Å². The molecule has 4 atom stereocenters. The van der Waals surface area contributed by atoms with Gasteiger partial charge in [0.2, 0.25) is 0 Å². The van der Waals surface area contributed by atoms with Gasteiger partial charge in [-0.2, -0.15) is 0 Å². The highest BCUT2D eigenvalue weighted by Crippen LogP contribution is 2.43. The molecular weight excluding hydrogens is 280 g/mol. The molecule has 21 heavy (non-hydrogen) atoms. The lowest BCUT2D eigenvalue weighted by Crippen LogP contribution is -2.32. The summed E-state index contributed by atoms with van der Waals surface area (Å²) in [6.45, 7) is 3.60. The molecule has 0 saturated carbocycles. The van der Waals surface area contributed by atoms with Crippen molar-refractivity contribution in [3.05, 3.63) is 0 Å². The van der Waals surface area contributed by atoms with Gasteiger partial charge in [-0.3, -0.25) is 9.59 Å². The van der Waals surface area contributed by atoms with Crippen LogP contribution < -0.4 is 0 Å². The molecule has 0 aliphatic carbocycles. The first-order valence-electron chi connectivity index (χ1n) is 7.01. The fourth-order valence-corrected chi connectivity index (χ4v) is 2.80. The van der Waals surface area contributed by atoms with Crippen LogP contribution >= 0.6 is 0 Å². The van der Waals surface area contributed by atoms with Gasteiger partial charge in [0.25, 0.3) is 0 Å². The normalized spacial score (nSPS) is 33.5. The minimum atomic E-state index is -0.739. The van der Waals surface area contributed by atoms with Crippen molar-refractivity contribution in [3.63, 3.8) is 0 Å². The Kier molecular flexibility index (Phi) is 4.85. The quantitative estimate of drug-likeness (QED) is 0.701. The van der Waals surface area contributed by atoms with Gasteiger partial charge < -0.3 is 23.7 Å². The van der Waals surface area contributed by atoms with Crippen molar-refractivity contribution < 1.29 is 33.3 Å². The summed E-state index contributed by atoms with van der Waals surface area (Å²) in [5.74, 6) is -1.58. The predicted octanol–water partition coefficient (Wildman–Crippen LogP) is 0.995. The number of carbonyl (C=O) groups is 2. The van der Waals surface area contributed by atoms with Crippen LogP contribution in [-0.4, -0.2) is 50.4 Å². The van der Waals surface area contributed by atoms with Gasteiger partial charge >= 0.3 is 11.9 Å². The third-order valence-corrected chi connectivity index (χ3v) is 3.79. The molecule has 2 heterocycles. The summed E-state index contributed by atoms with van der Waals surface area (Å²) in [6.07, 6.45) is -0.299. The van der Waals surface area contributed by atoms with Crippen LogP contribution in [0.25, 0.3) is 0 Å². The second-order valence-corrected chi connectivity index (χ2v) is 5.70. The zero-order valence-corrected chi connectivity index (χ0v) is 12.8. The number of carbonyl (C=O) groups excluding carboxylic acids is 2. The van der Waals surface area contributed by atoms with Crippen molar-refractivity contribution in [2.45, 2.75) is 57.4 Å². The van der Waals surface area contributed by atoms with E-state index < -0.39 is 12.1 Å². The molecule has 2 rings (SSSR count). The SMILES string of the molecule is COC(=O)CC[C@H]1O[C@@H]2OC(C)(C)O[C@@H]2[C@@H]1CC(=O)OC. The van der Waals surface area contributed by atoms with Crippen molar-refractivity contribution in [2.24, 2.45) is 5.92 Å². The molecule has 0 bridgehead atoms. The molecular formula is C14H22O7. The fourth-order valence-electron chi connectivity index (χ4n) is 2.80. The molecule has 0 spiro atoms. The predicted molar refractivity (Wildman–Crippen MR) is 70.1 cm³/mol. The first-order valence-corrected chi connectivity index (χ1v) is 7.01. The number of fused-ring (bicyclic) bond motifs is 1. The lowest BCUT2D eigenvalue weighted by Gasteiger charge is -2.25. The molecule has 2 fully saturated rings. The summed E-state index contributed by atoms with van der Waals surface area (Å²) in [5, 5.41) is 0. The first kappa shape index (κ1) is 16.2.